The van der Waals surface area contributed by atoms with Gasteiger partial charge in [0.15, 0.2) is 0 Å². The summed E-state index contributed by atoms with van der Waals surface area (Å²) in [4.78, 5) is 29.7. The number of hydrogen-bond acceptors (Lipinski definition) is 5. The number of rotatable bonds is 13. The molecule has 10 heteroatoms. The van der Waals surface area contributed by atoms with Crippen molar-refractivity contribution in [1.29, 1.82) is 0 Å². The van der Waals surface area contributed by atoms with Crippen LogP contribution in [0.2, 0.25) is 0 Å². The number of amides is 2. The lowest BCUT2D eigenvalue weighted by atomic mass is 10.0. The SMILES string of the molecule is CCOc1ccc(S(=O)(=O)N(CC(=O)N(Cc2ccc(F)cc2)[C@H](Cc2ccccc2)C(=O)NC(C)(C)C)c2ccccc2)cc1. The molecule has 1 atom stereocenters. The molecule has 46 heavy (non-hydrogen) atoms. The molecule has 0 aromatic heterocycles. The van der Waals surface area contributed by atoms with Crippen LogP contribution in [0.1, 0.15) is 38.8 Å². The van der Waals surface area contributed by atoms with Gasteiger partial charge in [0.1, 0.15) is 24.2 Å². The normalized spacial score (nSPS) is 12.2. The van der Waals surface area contributed by atoms with E-state index in [1.807, 2.05) is 58.0 Å². The van der Waals surface area contributed by atoms with Crippen LogP contribution in [0.25, 0.3) is 0 Å². The summed E-state index contributed by atoms with van der Waals surface area (Å²) in [6.45, 7) is 7.14. The minimum absolute atomic E-state index is 0.0241. The minimum atomic E-state index is -4.25. The van der Waals surface area contributed by atoms with Crippen LogP contribution in [-0.2, 0) is 32.6 Å². The van der Waals surface area contributed by atoms with Crippen LogP contribution in [0.5, 0.6) is 5.75 Å². The van der Waals surface area contributed by atoms with Crippen LogP contribution in [0, 0.1) is 5.82 Å². The zero-order valence-corrected chi connectivity index (χ0v) is 27.3. The van der Waals surface area contributed by atoms with Crippen molar-refractivity contribution >= 4 is 27.5 Å². The fourth-order valence-electron chi connectivity index (χ4n) is 4.92. The predicted octanol–water partition coefficient (Wildman–Crippen LogP) is 5.97. The Morgan fingerprint density at radius 2 is 1.41 bits per heavy atom. The number of nitrogens with one attached hydrogen (secondary N) is 1. The van der Waals surface area contributed by atoms with Gasteiger partial charge in [-0.25, -0.2) is 12.8 Å². The number of hydrogen-bond donors (Lipinski definition) is 1. The molecule has 0 aliphatic heterocycles. The maximum atomic E-state index is 14.5. The molecule has 0 unspecified atom stereocenters. The van der Waals surface area contributed by atoms with Gasteiger partial charge in [-0.2, -0.15) is 0 Å². The topological polar surface area (TPSA) is 96.0 Å². The number of carbonyl (C=O) groups excluding carboxylic acids is 2. The van der Waals surface area contributed by atoms with E-state index in [0.29, 0.717) is 17.9 Å². The van der Waals surface area contributed by atoms with Gasteiger partial charge in [0.05, 0.1) is 17.2 Å². The molecule has 0 fully saturated rings. The van der Waals surface area contributed by atoms with Crippen LogP contribution < -0.4 is 14.4 Å². The number of ether oxygens (including phenoxy) is 1. The smallest absolute Gasteiger partial charge is 0.264 e. The molecule has 0 aliphatic carbocycles. The highest BCUT2D eigenvalue weighted by Crippen LogP contribution is 2.26. The molecule has 0 heterocycles. The monoisotopic (exact) mass is 645 g/mol. The molecule has 0 aliphatic rings. The summed E-state index contributed by atoms with van der Waals surface area (Å²) in [6.07, 6.45) is 0.173. The van der Waals surface area contributed by atoms with E-state index >= 15 is 0 Å². The van der Waals surface area contributed by atoms with Crippen LogP contribution in [-0.4, -0.2) is 49.9 Å². The van der Waals surface area contributed by atoms with Gasteiger partial charge in [-0.15, -0.1) is 0 Å². The lowest BCUT2D eigenvalue weighted by Crippen LogP contribution is -2.56. The summed E-state index contributed by atoms with van der Waals surface area (Å²) >= 11 is 0. The summed E-state index contributed by atoms with van der Waals surface area (Å²) in [7, 11) is -4.25. The van der Waals surface area contributed by atoms with E-state index in [0.717, 1.165) is 9.87 Å². The molecule has 0 bridgehead atoms. The van der Waals surface area contributed by atoms with Crippen LogP contribution in [0.4, 0.5) is 10.1 Å². The number of nitrogens with zero attached hydrogens (tertiary/aromatic N) is 2. The third-order valence-electron chi connectivity index (χ3n) is 7.08. The highest BCUT2D eigenvalue weighted by molar-refractivity contribution is 7.92. The molecule has 8 nitrogen and oxygen atoms in total. The number of sulfonamides is 1. The Balaban J connectivity index is 1.78. The minimum Gasteiger partial charge on any atom is -0.494 e. The lowest BCUT2D eigenvalue weighted by Gasteiger charge is -2.35. The molecule has 1 N–H and O–H groups in total. The van der Waals surface area contributed by atoms with Crippen molar-refractivity contribution in [3.05, 3.63) is 126 Å². The summed E-state index contributed by atoms with van der Waals surface area (Å²) in [5, 5.41) is 2.99. The molecule has 0 spiro atoms. The maximum absolute atomic E-state index is 14.5. The summed E-state index contributed by atoms with van der Waals surface area (Å²) in [5.74, 6) is -0.923. The number of anilines is 1. The molecule has 4 aromatic carbocycles. The Bertz CT molecular complexity index is 1690. The number of para-hydroxylation sites is 1. The van der Waals surface area contributed by atoms with Crippen LogP contribution in [0.15, 0.2) is 114 Å². The predicted molar refractivity (Wildman–Crippen MR) is 177 cm³/mol. The van der Waals surface area contributed by atoms with Gasteiger partial charge >= 0.3 is 0 Å². The summed E-state index contributed by atoms with van der Waals surface area (Å²) in [5.41, 5.74) is 1.07. The second kappa shape index (κ2) is 15.1. The van der Waals surface area contributed by atoms with Gasteiger partial charge < -0.3 is 15.0 Å². The Morgan fingerprint density at radius 1 is 0.826 bits per heavy atom. The van der Waals surface area contributed by atoms with Crippen molar-refractivity contribution in [2.45, 2.75) is 57.1 Å². The third-order valence-corrected chi connectivity index (χ3v) is 8.87. The Hall–Kier alpha value is -4.70. The third kappa shape index (κ3) is 9.17. The molecule has 0 radical (unpaired) electrons. The molecular weight excluding hydrogens is 605 g/mol. The van der Waals surface area contributed by atoms with E-state index in [1.54, 1.807) is 54.6 Å². The first-order valence-electron chi connectivity index (χ1n) is 15.1. The average Bonchev–Trinajstić information content (AvgIpc) is 3.03. The molecule has 4 aromatic rings. The number of benzene rings is 4. The maximum Gasteiger partial charge on any atom is 0.264 e. The van der Waals surface area contributed by atoms with Crippen molar-refractivity contribution in [1.82, 2.24) is 10.2 Å². The highest BCUT2D eigenvalue weighted by atomic mass is 32.2. The largest absolute Gasteiger partial charge is 0.494 e. The molecule has 0 saturated heterocycles. The second-order valence-corrected chi connectivity index (χ2v) is 13.7. The molecule has 2 amide bonds. The van der Waals surface area contributed by atoms with Crippen molar-refractivity contribution in [3.63, 3.8) is 0 Å². The lowest BCUT2D eigenvalue weighted by molar-refractivity contribution is -0.140. The molecule has 0 saturated carbocycles. The Morgan fingerprint density at radius 3 is 1.98 bits per heavy atom. The first-order chi connectivity index (χ1) is 21.9. The van der Waals surface area contributed by atoms with Gasteiger partial charge in [0.25, 0.3) is 10.0 Å². The van der Waals surface area contributed by atoms with E-state index in [9.17, 15) is 22.4 Å². The Kier molecular flexibility index (Phi) is 11.2. The van der Waals surface area contributed by atoms with E-state index in [4.69, 9.17) is 4.74 Å². The second-order valence-electron chi connectivity index (χ2n) is 11.8. The van der Waals surface area contributed by atoms with Gasteiger partial charge in [0, 0.05) is 18.5 Å². The zero-order chi connectivity index (χ0) is 33.3. The fourth-order valence-corrected chi connectivity index (χ4v) is 6.33. The molecule has 242 valence electrons. The van der Waals surface area contributed by atoms with Crippen molar-refractivity contribution < 1.29 is 27.1 Å². The average molecular weight is 646 g/mol. The van der Waals surface area contributed by atoms with E-state index in [-0.39, 0.29) is 23.5 Å². The van der Waals surface area contributed by atoms with Crippen molar-refractivity contribution in [2.75, 3.05) is 17.5 Å². The standard InChI is InChI=1S/C36H40FN3O5S/c1-5-45-31-20-22-32(23-21-31)46(43,44)40(30-14-10-7-11-15-30)26-34(41)39(25-28-16-18-29(37)19-17-28)33(35(42)38-36(2,3)4)24-27-12-8-6-9-13-27/h6-23,33H,5,24-26H2,1-4H3,(H,38,42)/t33-/m1/s1. The van der Waals surface area contributed by atoms with E-state index < -0.39 is 45.8 Å². The summed E-state index contributed by atoms with van der Waals surface area (Å²) in [6, 6.07) is 28.3. The van der Waals surface area contributed by atoms with Gasteiger partial charge in [-0.3, -0.25) is 13.9 Å². The summed E-state index contributed by atoms with van der Waals surface area (Å²) < 4.78 is 48.6. The molecule has 4 rings (SSSR count). The first kappa shape index (κ1) is 34.2. The van der Waals surface area contributed by atoms with Crippen LogP contribution in [0.3, 0.4) is 0 Å². The van der Waals surface area contributed by atoms with Gasteiger partial charge in [-0.05, 0) is 87.4 Å². The van der Waals surface area contributed by atoms with E-state index in [1.165, 1.54) is 29.2 Å². The fraction of sp³-hybridized carbons (Fsp3) is 0.278. The van der Waals surface area contributed by atoms with Gasteiger partial charge in [-0.1, -0.05) is 60.7 Å². The molecular formula is C36H40FN3O5S. The quantitative estimate of drug-likeness (QED) is 0.193. The Labute approximate surface area is 270 Å². The number of halogens is 1. The van der Waals surface area contributed by atoms with Gasteiger partial charge in [0.2, 0.25) is 11.8 Å². The van der Waals surface area contributed by atoms with Crippen molar-refractivity contribution in [2.24, 2.45) is 0 Å². The first-order valence-corrected chi connectivity index (χ1v) is 16.5. The number of carbonyl (C=O) groups is 2. The zero-order valence-electron chi connectivity index (χ0n) is 26.5. The van der Waals surface area contributed by atoms with Crippen molar-refractivity contribution in [3.8, 4) is 5.75 Å². The van der Waals surface area contributed by atoms with Crippen LogP contribution >= 0.6 is 0 Å². The van der Waals surface area contributed by atoms with E-state index in [2.05, 4.69) is 5.32 Å². The highest BCUT2D eigenvalue weighted by Gasteiger charge is 2.35.